The number of carbonyl (C=O) groups is 2. The topological polar surface area (TPSA) is 71.1 Å². The van der Waals surface area contributed by atoms with Gasteiger partial charge in [0.15, 0.2) is 0 Å². The number of anilines is 1. The van der Waals surface area contributed by atoms with Crippen LogP contribution in [0.5, 0.6) is 0 Å². The lowest BCUT2D eigenvalue weighted by atomic mass is 9.99. The lowest BCUT2D eigenvalue weighted by Gasteiger charge is -2.14. The highest BCUT2D eigenvalue weighted by Gasteiger charge is 2.16. The predicted octanol–water partition coefficient (Wildman–Crippen LogP) is 3.95. The van der Waals surface area contributed by atoms with Gasteiger partial charge in [0, 0.05) is 17.6 Å². The van der Waals surface area contributed by atoms with Crippen molar-refractivity contribution in [1.29, 1.82) is 0 Å². The first-order valence-electron chi connectivity index (χ1n) is 9.14. The highest BCUT2D eigenvalue weighted by Crippen LogP contribution is 2.23. The first-order chi connectivity index (χ1) is 13.5. The standard InChI is InChI=1S/C23H23N3O2/c1-4-13-24-23(28)18-10-6-8-12-21(18)26-22(27)14-19-15(2)17-9-5-7-11-20(17)25-16(19)3/h4-12H,1,13-14H2,2-3H3,(H,24,28)(H,26,27). The van der Waals surface area contributed by atoms with Gasteiger partial charge in [-0.1, -0.05) is 36.4 Å². The van der Waals surface area contributed by atoms with Gasteiger partial charge in [0.2, 0.25) is 5.91 Å². The van der Waals surface area contributed by atoms with Gasteiger partial charge in [-0.15, -0.1) is 6.58 Å². The zero-order chi connectivity index (χ0) is 20.1. The average molecular weight is 373 g/mol. The SMILES string of the molecule is C=CCNC(=O)c1ccccc1NC(=O)Cc1c(C)nc2ccccc2c1C. The van der Waals surface area contributed by atoms with E-state index in [4.69, 9.17) is 0 Å². The summed E-state index contributed by atoms with van der Waals surface area (Å²) in [5.41, 5.74) is 4.62. The van der Waals surface area contributed by atoms with E-state index >= 15 is 0 Å². The van der Waals surface area contributed by atoms with Gasteiger partial charge < -0.3 is 10.6 Å². The van der Waals surface area contributed by atoms with Crippen molar-refractivity contribution in [3.05, 3.63) is 83.6 Å². The van der Waals surface area contributed by atoms with E-state index in [9.17, 15) is 9.59 Å². The summed E-state index contributed by atoms with van der Waals surface area (Å²) in [6, 6.07) is 14.9. The van der Waals surface area contributed by atoms with Gasteiger partial charge in [0.25, 0.3) is 5.91 Å². The Morgan fingerprint density at radius 1 is 1.07 bits per heavy atom. The van der Waals surface area contributed by atoms with E-state index in [0.29, 0.717) is 17.8 Å². The molecular formula is C23H23N3O2. The van der Waals surface area contributed by atoms with Crippen molar-refractivity contribution in [3.63, 3.8) is 0 Å². The normalized spacial score (nSPS) is 10.5. The van der Waals surface area contributed by atoms with Gasteiger partial charge >= 0.3 is 0 Å². The number of para-hydroxylation sites is 2. The molecule has 0 aliphatic heterocycles. The third kappa shape index (κ3) is 4.09. The van der Waals surface area contributed by atoms with Crippen LogP contribution >= 0.6 is 0 Å². The molecular weight excluding hydrogens is 350 g/mol. The number of rotatable bonds is 6. The third-order valence-electron chi connectivity index (χ3n) is 4.68. The lowest BCUT2D eigenvalue weighted by molar-refractivity contribution is -0.115. The van der Waals surface area contributed by atoms with E-state index in [0.717, 1.165) is 27.7 Å². The Balaban J connectivity index is 1.83. The zero-order valence-corrected chi connectivity index (χ0v) is 16.1. The molecule has 2 N–H and O–H groups in total. The van der Waals surface area contributed by atoms with Gasteiger partial charge in [-0.3, -0.25) is 14.6 Å². The first kappa shape index (κ1) is 19.3. The van der Waals surface area contributed by atoms with Crippen molar-refractivity contribution in [2.75, 3.05) is 11.9 Å². The van der Waals surface area contributed by atoms with Crippen LogP contribution in [0.3, 0.4) is 0 Å². The number of fused-ring (bicyclic) bond motifs is 1. The highest BCUT2D eigenvalue weighted by atomic mass is 16.2. The van der Waals surface area contributed by atoms with E-state index in [1.807, 2.05) is 38.1 Å². The maximum atomic E-state index is 12.7. The second kappa shape index (κ2) is 8.48. The minimum absolute atomic E-state index is 0.188. The molecule has 3 rings (SSSR count). The number of aryl methyl sites for hydroxylation is 2. The van der Waals surface area contributed by atoms with E-state index < -0.39 is 0 Å². The Kier molecular flexibility index (Phi) is 5.84. The van der Waals surface area contributed by atoms with Crippen molar-refractivity contribution in [2.24, 2.45) is 0 Å². The van der Waals surface area contributed by atoms with Crippen LogP contribution < -0.4 is 10.6 Å². The molecule has 0 saturated heterocycles. The molecule has 0 aliphatic rings. The fourth-order valence-electron chi connectivity index (χ4n) is 3.24. The van der Waals surface area contributed by atoms with Gasteiger partial charge in [-0.05, 0) is 43.2 Å². The molecule has 0 atom stereocenters. The highest BCUT2D eigenvalue weighted by molar-refractivity contribution is 6.04. The molecule has 2 amide bonds. The average Bonchev–Trinajstić information content (AvgIpc) is 2.69. The molecule has 142 valence electrons. The number of aromatic nitrogens is 1. The molecule has 1 heterocycles. The summed E-state index contributed by atoms with van der Waals surface area (Å²) in [5.74, 6) is -0.442. The summed E-state index contributed by atoms with van der Waals surface area (Å²) in [7, 11) is 0. The van der Waals surface area contributed by atoms with Crippen LogP contribution in [0.15, 0.2) is 61.2 Å². The van der Waals surface area contributed by atoms with E-state index in [2.05, 4.69) is 22.2 Å². The summed E-state index contributed by atoms with van der Waals surface area (Å²) in [6.07, 6.45) is 1.80. The molecule has 0 aliphatic carbocycles. The number of amides is 2. The van der Waals surface area contributed by atoms with Gasteiger partial charge in [0.05, 0.1) is 23.2 Å². The predicted molar refractivity (Wildman–Crippen MR) is 113 cm³/mol. The largest absolute Gasteiger partial charge is 0.349 e. The van der Waals surface area contributed by atoms with E-state index in [-0.39, 0.29) is 18.2 Å². The number of hydrogen-bond acceptors (Lipinski definition) is 3. The Morgan fingerprint density at radius 2 is 1.79 bits per heavy atom. The van der Waals surface area contributed by atoms with Crippen LogP contribution in [0.25, 0.3) is 10.9 Å². The van der Waals surface area contributed by atoms with Crippen molar-refractivity contribution < 1.29 is 9.59 Å². The number of carbonyl (C=O) groups excluding carboxylic acids is 2. The molecule has 0 saturated carbocycles. The minimum Gasteiger partial charge on any atom is -0.349 e. The van der Waals surface area contributed by atoms with Gasteiger partial charge in [0.1, 0.15) is 0 Å². The first-order valence-corrected chi connectivity index (χ1v) is 9.14. The fraction of sp³-hybridized carbons (Fsp3) is 0.174. The second-order valence-corrected chi connectivity index (χ2v) is 6.59. The fourth-order valence-corrected chi connectivity index (χ4v) is 3.24. The van der Waals surface area contributed by atoms with Crippen LogP contribution in [0, 0.1) is 13.8 Å². The summed E-state index contributed by atoms with van der Waals surface area (Å²) in [5, 5.41) is 6.64. The molecule has 0 radical (unpaired) electrons. The van der Waals surface area contributed by atoms with E-state index in [1.165, 1.54) is 0 Å². The van der Waals surface area contributed by atoms with Gasteiger partial charge in [-0.2, -0.15) is 0 Å². The monoisotopic (exact) mass is 373 g/mol. The van der Waals surface area contributed by atoms with Crippen LogP contribution in [0.4, 0.5) is 5.69 Å². The maximum absolute atomic E-state index is 12.7. The molecule has 0 spiro atoms. The zero-order valence-electron chi connectivity index (χ0n) is 16.1. The summed E-state index contributed by atoms with van der Waals surface area (Å²) >= 11 is 0. The van der Waals surface area contributed by atoms with E-state index in [1.54, 1.807) is 30.3 Å². The van der Waals surface area contributed by atoms with Crippen LogP contribution in [-0.2, 0) is 11.2 Å². The summed E-state index contributed by atoms with van der Waals surface area (Å²) < 4.78 is 0. The maximum Gasteiger partial charge on any atom is 0.253 e. The smallest absolute Gasteiger partial charge is 0.253 e. The second-order valence-electron chi connectivity index (χ2n) is 6.59. The molecule has 5 heteroatoms. The number of nitrogens with one attached hydrogen (secondary N) is 2. The van der Waals surface area contributed by atoms with Gasteiger partial charge in [-0.25, -0.2) is 0 Å². The number of pyridine rings is 1. The van der Waals surface area contributed by atoms with Crippen molar-refractivity contribution in [1.82, 2.24) is 10.3 Å². The van der Waals surface area contributed by atoms with Crippen molar-refractivity contribution in [3.8, 4) is 0 Å². The molecule has 0 unspecified atom stereocenters. The summed E-state index contributed by atoms with van der Waals surface area (Å²) in [4.78, 5) is 29.6. The minimum atomic E-state index is -0.254. The Labute approximate surface area is 164 Å². The van der Waals surface area contributed by atoms with Crippen molar-refractivity contribution >= 4 is 28.4 Å². The molecule has 28 heavy (non-hydrogen) atoms. The number of nitrogens with zero attached hydrogens (tertiary/aromatic N) is 1. The number of hydrogen-bond donors (Lipinski definition) is 2. The lowest BCUT2D eigenvalue weighted by Crippen LogP contribution is -2.25. The summed E-state index contributed by atoms with van der Waals surface area (Å²) in [6.45, 7) is 7.88. The van der Waals surface area contributed by atoms with Crippen LogP contribution in [-0.4, -0.2) is 23.3 Å². The Bertz CT molecular complexity index is 1060. The molecule has 0 bridgehead atoms. The molecule has 3 aromatic rings. The quantitative estimate of drug-likeness (QED) is 0.643. The molecule has 1 aromatic heterocycles. The van der Waals surface area contributed by atoms with Crippen LogP contribution in [0.1, 0.15) is 27.2 Å². The molecule has 5 nitrogen and oxygen atoms in total. The third-order valence-corrected chi connectivity index (χ3v) is 4.68. The molecule has 0 fully saturated rings. The Morgan fingerprint density at radius 3 is 2.57 bits per heavy atom. The Hall–Kier alpha value is -3.47. The van der Waals surface area contributed by atoms with Crippen molar-refractivity contribution in [2.45, 2.75) is 20.3 Å². The molecule has 2 aromatic carbocycles. The number of benzene rings is 2. The van der Waals surface area contributed by atoms with Crippen LogP contribution in [0.2, 0.25) is 0 Å².